The van der Waals surface area contributed by atoms with Crippen molar-refractivity contribution in [3.8, 4) is 0 Å². The summed E-state index contributed by atoms with van der Waals surface area (Å²) >= 11 is 1.53. The van der Waals surface area contributed by atoms with Crippen LogP contribution in [0.1, 0.15) is 35.0 Å². The maximum Gasteiger partial charge on any atom is 0.264 e. The first kappa shape index (κ1) is 12.6. The van der Waals surface area contributed by atoms with E-state index in [1.807, 2.05) is 16.3 Å². The summed E-state index contributed by atoms with van der Waals surface area (Å²) in [6.45, 7) is 3.80. The minimum absolute atomic E-state index is 0.148. The molecule has 0 radical (unpaired) electrons. The topological polar surface area (TPSA) is 40.5 Å². The molecule has 1 aromatic heterocycles. The van der Waals surface area contributed by atoms with Crippen molar-refractivity contribution in [1.29, 1.82) is 0 Å². The van der Waals surface area contributed by atoms with Gasteiger partial charge in [-0.05, 0) is 42.2 Å². The van der Waals surface area contributed by atoms with Gasteiger partial charge in [0.2, 0.25) is 0 Å². The van der Waals surface area contributed by atoms with Crippen molar-refractivity contribution in [1.82, 2.24) is 4.90 Å². The van der Waals surface area contributed by atoms with Gasteiger partial charge in [0.05, 0.1) is 4.88 Å². The van der Waals surface area contributed by atoms with E-state index in [0.717, 1.165) is 36.2 Å². The van der Waals surface area contributed by atoms with Crippen LogP contribution in [0.5, 0.6) is 0 Å². The number of amides is 1. The third-order valence-electron chi connectivity index (χ3n) is 3.39. The van der Waals surface area contributed by atoms with Crippen molar-refractivity contribution in [2.45, 2.75) is 26.2 Å². The number of aliphatic hydroxyl groups excluding tert-OH is 1. The summed E-state index contributed by atoms with van der Waals surface area (Å²) in [4.78, 5) is 15.1. The minimum atomic E-state index is 0.148. The highest BCUT2D eigenvalue weighted by Gasteiger charge is 2.25. The van der Waals surface area contributed by atoms with E-state index in [9.17, 15) is 9.90 Å². The van der Waals surface area contributed by atoms with E-state index in [0.29, 0.717) is 6.54 Å². The van der Waals surface area contributed by atoms with E-state index in [4.69, 9.17) is 0 Å². The van der Waals surface area contributed by atoms with Crippen LogP contribution >= 0.6 is 11.3 Å². The van der Waals surface area contributed by atoms with Gasteiger partial charge < -0.3 is 10.0 Å². The van der Waals surface area contributed by atoms with Gasteiger partial charge >= 0.3 is 0 Å². The molecule has 0 aromatic carbocycles. The first-order valence-electron chi connectivity index (χ1n) is 6.22. The lowest BCUT2D eigenvalue weighted by atomic mass is 9.99. The van der Waals surface area contributed by atoms with Crippen molar-refractivity contribution in [3.63, 3.8) is 0 Å². The molecular formula is C13H19NO2S. The summed E-state index contributed by atoms with van der Waals surface area (Å²) in [7, 11) is 0. The highest BCUT2D eigenvalue weighted by Crippen LogP contribution is 2.23. The van der Waals surface area contributed by atoms with Crippen LogP contribution in [0.25, 0.3) is 0 Å². The maximum absolute atomic E-state index is 12.4. The van der Waals surface area contributed by atoms with Gasteiger partial charge in [-0.15, -0.1) is 11.3 Å². The van der Waals surface area contributed by atoms with Crippen LogP contribution in [0, 0.1) is 5.92 Å². The Kier molecular flexibility index (Phi) is 4.18. The van der Waals surface area contributed by atoms with Crippen molar-refractivity contribution in [2.24, 2.45) is 5.92 Å². The highest BCUT2D eigenvalue weighted by atomic mass is 32.1. The number of nitrogens with zero attached hydrogens (tertiary/aromatic N) is 1. The molecule has 1 saturated heterocycles. The van der Waals surface area contributed by atoms with Crippen LogP contribution in [0.2, 0.25) is 0 Å². The first-order valence-corrected chi connectivity index (χ1v) is 7.10. The number of hydrogen-bond acceptors (Lipinski definition) is 3. The molecule has 1 amide bonds. The van der Waals surface area contributed by atoms with E-state index in [2.05, 4.69) is 6.92 Å². The fraction of sp³-hybridized carbons (Fsp3) is 0.615. The smallest absolute Gasteiger partial charge is 0.264 e. The van der Waals surface area contributed by atoms with Crippen molar-refractivity contribution >= 4 is 17.2 Å². The predicted octanol–water partition coefficient (Wildman–Crippen LogP) is 2.16. The van der Waals surface area contributed by atoms with Crippen molar-refractivity contribution < 1.29 is 9.90 Å². The molecule has 94 valence electrons. The summed E-state index contributed by atoms with van der Waals surface area (Å²) < 4.78 is 0. The third-order valence-corrected chi connectivity index (χ3v) is 4.33. The molecule has 1 aromatic rings. The summed E-state index contributed by atoms with van der Waals surface area (Å²) in [5, 5.41) is 11.2. The number of carbonyl (C=O) groups is 1. The van der Waals surface area contributed by atoms with Crippen LogP contribution < -0.4 is 0 Å². The van der Waals surface area contributed by atoms with E-state index in [-0.39, 0.29) is 18.4 Å². The predicted molar refractivity (Wildman–Crippen MR) is 69.4 cm³/mol. The van der Waals surface area contributed by atoms with E-state index < -0.39 is 0 Å². The Labute approximate surface area is 106 Å². The van der Waals surface area contributed by atoms with Crippen LogP contribution in [0.15, 0.2) is 11.4 Å². The second kappa shape index (κ2) is 5.65. The van der Waals surface area contributed by atoms with Gasteiger partial charge in [-0.1, -0.05) is 6.92 Å². The molecule has 1 aliphatic heterocycles. The molecule has 0 saturated carbocycles. The second-order valence-electron chi connectivity index (χ2n) is 4.57. The molecule has 4 heteroatoms. The number of hydrogen-bond donors (Lipinski definition) is 1. The number of piperidine rings is 1. The molecular weight excluding hydrogens is 234 g/mol. The van der Waals surface area contributed by atoms with Gasteiger partial charge in [0, 0.05) is 19.7 Å². The molecule has 1 unspecified atom stereocenters. The zero-order chi connectivity index (χ0) is 12.3. The summed E-state index contributed by atoms with van der Waals surface area (Å²) in [6, 6.07) is 2.03. The average molecular weight is 253 g/mol. The number of likely N-dealkylation sites (tertiary alicyclic amines) is 1. The molecule has 1 N–H and O–H groups in total. The summed E-state index contributed by atoms with van der Waals surface area (Å²) in [5.41, 5.74) is 1.14. The molecule has 0 bridgehead atoms. The Morgan fingerprint density at radius 2 is 2.47 bits per heavy atom. The molecule has 1 atom stereocenters. The standard InChI is InChI=1S/C13H19NO2S/c1-2-11-5-7-17-12(11)13(16)14-6-3-4-10(8-14)9-15/h5,7,10,15H,2-4,6,8-9H2,1H3. The molecule has 3 nitrogen and oxygen atoms in total. The normalized spacial score (nSPS) is 20.6. The maximum atomic E-state index is 12.4. The van der Waals surface area contributed by atoms with Crippen LogP contribution in [-0.4, -0.2) is 35.6 Å². The molecule has 0 aliphatic carbocycles. The third kappa shape index (κ3) is 2.69. The lowest BCUT2D eigenvalue weighted by molar-refractivity contribution is 0.0624. The van der Waals surface area contributed by atoms with Crippen molar-refractivity contribution in [3.05, 3.63) is 21.9 Å². The molecule has 1 fully saturated rings. The number of carbonyl (C=O) groups excluding carboxylic acids is 1. The number of aliphatic hydroxyl groups is 1. The van der Waals surface area contributed by atoms with Crippen LogP contribution in [0.3, 0.4) is 0 Å². The fourth-order valence-electron chi connectivity index (χ4n) is 2.34. The zero-order valence-electron chi connectivity index (χ0n) is 10.2. The number of rotatable bonds is 3. The zero-order valence-corrected chi connectivity index (χ0v) is 11.0. The molecule has 1 aliphatic rings. The SMILES string of the molecule is CCc1ccsc1C(=O)N1CCCC(CO)C1. The van der Waals surface area contributed by atoms with Crippen LogP contribution in [-0.2, 0) is 6.42 Å². The first-order chi connectivity index (χ1) is 8.26. The summed E-state index contributed by atoms with van der Waals surface area (Å²) in [5.74, 6) is 0.410. The Morgan fingerprint density at radius 1 is 1.65 bits per heavy atom. The Hall–Kier alpha value is -0.870. The average Bonchev–Trinajstić information content (AvgIpc) is 2.86. The largest absolute Gasteiger partial charge is 0.396 e. The van der Waals surface area contributed by atoms with Gasteiger partial charge in [-0.2, -0.15) is 0 Å². The highest BCUT2D eigenvalue weighted by molar-refractivity contribution is 7.12. The minimum Gasteiger partial charge on any atom is -0.396 e. The molecule has 17 heavy (non-hydrogen) atoms. The quantitative estimate of drug-likeness (QED) is 0.896. The summed E-state index contributed by atoms with van der Waals surface area (Å²) in [6.07, 6.45) is 2.94. The van der Waals surface area contributed by atoms with Gasteiger partial charge in [0.1, 0.15) is 0 Å². The monoisotopic (exact) mass is 253 g/mol. The van der Waals surface area contributed by atoms with E-state index >= 15 is 0 Å². The molecule has 0 spiro atoms. The Morgan fingerprint density at radius 3 is 3.18 bits per heavy atom. The fourth-order valence-corrected chi connectivity index (χ4v) is 3.31. The van der Waals surface area contributed by atoms with E-state index in [1.54, 1.807) is 0 Å². The van der Waals surface area contributed by atoms with Gasteiger partial charge in [-0.25, -0.2) is 0 Å². The molecule has 2 heterocycles. The van der Waals surface area contributed by atoms with Gasteiger partial charge in [0.25, 0.3) is 5.91 Å². The van der Waals surface area contributed by atoms with Crippen LogP contribution in [0.4, 0.5) is 0 Å². The van der Waals surface area contributed by atoms with E-state index in [1.165, 1.54) is 11.3 Å². The lowest BCUT2D eigenvalue weighted by Gasteiger charge is -2.31. The van der Waals surface area contributed by atoms with Crippen molar-refractivity contribution in [2.75, 3.05) is 19.7 Å². The molecule has 2 rings (SSSR count). The number of aryl methyl sites for hydroxylation is 1. The number of thiophene rings is 1. The second-order valence-corrected chi connectivity index (χ2v) is 5.49. The van der Waals surface area contributed by atoms with Gasteiger partial charge in [0.15, 0.2) is 0 Å². The Bertz CT molecular complexity index is 389. The van der Waals surface area contributed by atoms with Gasteiger partial charge in [-0.3, -0.25) is 4.79 Å². The lowest BCUT2D eigenvalue weighted by Crippen LogP contribution is -2.40. The Balaban J connectivity index is 2.09.